The maximum Gasteiger partial charge on any atom is 0.0806 e. The van der Waals surface area contributed by atoms with Crippen LogP contribution in [-0.2, 0) is 4.74 Å². The lowest BCUT2D eigenvalue weighted by Gasteiger charge is -2.38. The van der Waals surface area contributed by atoms with Crippen molar-refractivity contribution in [2.24, 2.45) is 5.41 Å². The van der Waals surface area contributed by atoms with Gasteiger partial charge < -0.3 is 10.1 Å². The van der Waals surface area contributed by atoms with Crippen LogP contribution in [0.5, 0.6) is 0 Å². The minimum absolute atomic E-state index is 0.138. The Morgan fingerprint density at radius 3 is 2.29 bits per heavy atom. The van der Waals surface area contributed by atoms with Gasteiger partial charge in [-0.1, -0.05) is 47.0 Å². The highest BCUT2D eigenvalue weighted by Crippen LogP contribution is 2.32. The standard InChI is InChI=1S/C15H31NO/c1-5-16-13-15(9-7-6-8-10-15)17-12-11-14(2,3)4/h16H,5-13H2,1-4H3. The summed E-state index contributed by atoms with van der Waals surface area (Å²) in [7, 11) is 0. The number of rotatable bonds is 6. The van der Waals surface area contributed by atoms with E-state index in [4.69, 9.17) is 4.74 Å². The maximum absolute atomic E-state index is 6.29. The van der Waals surface area contributed by atoms with Crippen LogP contribution in [-0.4, -0.2) is 25.3 Å². The highest BCUT2D eigenvalue weighted by atomic mass is 16.5. The maximum atomic E-state index is 6.29. The van der Waals surface area contributed by atoms with Gasteiger partial charge in [-0.15, -0.1) is 0 Å². The van der Waals surface area contributed by atoms with E-state index in [0.717, 1.165) is 26.1 Å². The van der Waals surface area contributed by atoms with Gasteiger partial charge in [0.25, 0.3) is 0 Å². The van der Waals surface area contributed by atoms with Gasteiger partial charge in [0, 0.05) is 13.2 Å². The third-order valence-electron chi connectivity index (χ3n) is 3.72. The normalized spacial score (nSPS) is 20.5. The van der Waals surface area contributed by atoms with E-state index in [1.165, 1.54) is 32.1 Å². The molecule has 0 aliphatic heterocycles. The number of nitrogens with one attached hydrogen (secondary N) is 1. The summed E-state index contributed by atoms with van der Waals surface area (Å²) in [4.78, 5) is 0. The molecule has 0 bridgehead atoms. The minimum Gasteiger partial charge on any atom is -0.374 e. The molecule has 0 aromatic carbocycles. The first-order valence-corrected chi connectivity index (χ1v) is 7.32. The number of ether oxygens (including phenoxy) is 1. The fraction of sp³-hybridized carbons (Fsp3) is 1.00. The van der Waals surface area contributed by atoms with Gasteiger partial charge >= 0.3 is 0 Å². The van der Waals surface area contributed by atoms with Crippen molar-refractivity contribution in [3.8, 4) is 0 Å². The summed E-state index contributed by atoms with van der Waals surface area (Å²) in [6.07, 6.45) is 7.69. The molecular formula is C15H31NO. The summed E-state index contributed by atoms with van der Waals surface area (Å²) in [5.41, 5.74) is 0.521. The molecular weight excluding hydrogens is 210 g/mol. The van der Waals surface area contributed by atoms with Crippen molar-refractivity contribution >= 4 is 0 Å². The molecule has 2 nitrogen and oxygen atoms in total. The van der Waals surface area contributed by atoms with E-state index in [-0.39, 0.29) is 5.60 Å². The zero-order valence-corrected chi connectivity index (χ0v) is 12.3. The molecule has 17 heavy (non-hydrogen) atoms. The second kappa shape index (κ2) is 6.75. The quantitative estimate of drug-likeness (QED) is 0.764. The van der Waals surface area contributed by atoms with Gasteiger partial charge in [-0.05, 0) is 31.2 Å². The summed E-state index contributed by atoms with van der Waals surface area (Å²) in [5, 5.41) is 3.48. The molecule has 0 atom stereocenters. The third kappa shape index (κ3) is 5.87. The lowest BCUT2D eigenvalue weighted by Crippen LogP contribution is -2.45. The van der Waals surface area contributed by atoms with Gasteiger partial charge in [0.1, 0.15) is 0 Å². The van der Waals surface area contributed by atoms with Crippen LogP contribution in [0.15, 0.2) is 0 Å². The molecule has 0 saturated heterocycles. The molecule has 1 aliphatic rings. The fourth-order valence-electron chi connectivity index (χ4n) is 2.49. The first-order valence-electron chi connectivity index (χ1n) is 7.32. The minimum atomic E-state index is 0.138. The van der Waals surface area contributed by atoms with Crippen LogP contribution in [0.4, 0.5) is 0 Å². The molecule has 102 valence electrons. The van der Waals surface area contributed by atoms with E-state index in [1.807, 2.05) is 0 Å². The van der Waals surface area contributed by atoms with Crippen molar-refractivity contribution in [1.82, 2.24) is 5.32 Å². The van der Waals surface area contributed by atoms with Gasteiger partial charge in [0.05, 0.1) is 5.60 Å². The van der Waals surface area contributed by atoms with E-state index in [9.17, 15) is 0 Å². The lowest BCUT2D eigenvalue weighted by molar-refractivity contribution is -0.0750. The first-order chi connectivity index (χ1) is 7.97. The van der Waals surface area contributed by atoms with E-state index < -0.39 is 0 Å². The van der Waals surface area contributed by atoms with Gasteiger partial charge in [0.2, 0.25) is 0 Å². The number of hydrogen-bond donors (Lipinski definition) is 1. The predicted octanol–water partition coefficient (Wildman–Crippen LogP) is 3.75. The molecule has 0 unspecified atom stereocenters. The monoisotopic (exact) mass is 241 g/mol. The second-order valence-corrected chi connectivity index (χ2v) is 6.68. The van der Waals surface area contributed by atoms with Crippen molar-refractivity contribution in [1.29, 1.82) is 0 Å². The lowest BCUT2D eigenvalue weighted by atomic mass is 9.84. The van der Waals surface area contributed by atoms with Crippen LogP contribution in [0.1, 0.15) is 66.2 Å². The topological polar surface area (TPSA) is 21.3 Å². The second-order valence-electron chi connectivity index (χ2n) is 6.68. The zero-order chi connectivity index (χ0) is 12.8. The highest BCUT2D eigenvalue weighted by Gasteiger charge is 2.32. The Hall–Kier alpha value is -0.0800. The zero-order valence-electron chi connectivity index (χ0n) is 12.3. The Morgan fingerprint density at radius 1 is 1.12 bits per heavy atom. The van der Waals surface area contributed by atoms with Crippen LogP contribution in [0.2, 0.25) is 0 Å². The van der Waals surface area contributed by atoms with E-state index in [1.54, 1.807) is 0 Å². The van der Waals surface area contributed by atoms with Gasteiger partial charge in [-0.2, -0.15) is 0 Å². The average molecular weight is 241 g/mol. The molecule has 2 heteroatoms. The van der Waals surface area contributed by atoms with Crippen molar-refractivity contribution in [3.63, 3.8) is 0 Å². The summed E-state index contributed by atoms with van der Waals surface area (Å²) in [5.74, 6) is 0. The predicted molar refractivity (Wildman–Crippen MR) is 74.4 cm³/mol. The summed E-state index contributed by atoms with van der Waals surface area (Å²) >= 11 is 0. The molecule has 0 heterocycles. The molecule has 1 rings (SSSR count). The number of hydrogen-bond acceptors (Lipinski definition) is 2. The SMILES string of the molecule is CCNCC1(OCCC(C)(C)C)CCCCC1. The van der Waals surface area contributed by atoms with Crippen LogP contribution in [0, 0.1) is 5.41 Å². The highest BCUT2D eigenvalue weighted by molar-refractivity contribution is 4.86. The summed E-state index contributed by atoms with van der Waals surface area (Å²) in [6, 6.07) is 0. The molecule has 1 saturated carbocycles. The molecule has 0 aromatic rings. The summed E-state index contributed by atoms with van der Waals surface area (Å²) < 4.78 is 6.29. The number of likely N-dealkylation sites (N-methyl/N-ethyl adjacent to an activating group) is 1. The van der Waals surface area contributed by atoms with E-state index in [0.29, 0.717) is 5.41 Å². The van der Waals surface area contributed by atoms with Gasteiger partial charge in [-0.3, -0.25) is 0 Å². The van der Waals surface area contributed by atoms with Crippen molar-refractivity contribution in [2.45, 2.75) is 71.8 Å². The largest absolute Gasteiger partial charge is 0.374 e. The average Bonchev–Trinajstić information content (AvgIpc) is 2.26. The smallest absolute Gasteiger partial charge is 0.0806 e. The van der Waals surface area contributed by atoms with Crippen molar-refractivity contribution in [2.75, 3.05) is 19.7 Å². The molecule has 0 amide bonds. The first kappa shape index (κ1) is 15.0. The molecule has 1 fully saturated rings. The van der Waals surface area contributed by atoms with E-state index in [2.05, 4.69) is 33.0 Å². The van der Waals surface area contributed by atoms with Crippen LogP contribution in [0.3, 0.4) is 0 Å². The van der Waals surface area contributed by atoms with Crippen molar-refractivity contribution < 1.29 is 4.74 Å². The van der Waals surface area contributed by atoms with Gasteiger partial charge in [0.15, 0.2) is 0 Å². The van der Waals surface area contributed by atoms with E-state index >= 15 is 0 Å². The third-order valence-corrected chi connectivity index (χ3v) is 3.72. The molecule has 0 aromatic heterocycles. The molecule has 0 spiro atoms. The molecule has 0 radical (unpaired) electrons. The van der Waals surface area contributed by atoms with Gasteiger partial charge in [-0.25, -0.2) is 0 Å². The Bertz CT molecular complexity index is 201. The Balaban J connectivity index is 2.40. The van der Waals surface area contributed by atoms with Crippen LogP contribution >= 0.6 is 0 Å². The van der Waals surface area contributed by atoms with Crippen LogP contribution in [0.25, 0.3) is 0 Å². The fourth-order valence-corrected chi connectivity index (χ4v) is 2.49. The van der Waals surface area contributed by atoms with Crippen molar-refractivity contribution in [3.05, 3.63) is 0 Å². The Morgan fingerprint density at radius 2 is 1.76 bits per heavy atom. The molecule has 1 aliphatic carbocycles. The van der Waals surface area contributed by atoms with Crippen LogP contribution < -0.4 is 5.32 Å². The Kier molecular flexibility index (Phi) is 5.94. The summed E-state index contributed by atoms with van der Waals surface area (Å²) in [6.45, 7) is 12.0. The molecule has 1 N–H and O–H groups in total. The Labute approximate surface area is 108 Å².